The summed E-state index contributed by atoms with van der Waals surface area (Å²) in [6.07, 6.45) is 0.793. The van der Waals surface area contributed by atoms with E-state index in [-0.39, 0.29) is 18.1 Å². The predicted molar refractivity (Wildman–Crippen MR) is 80.5 cm³/mol. The van der Waals surface area contributed by atoms with Gasteiger partial charge in [-0.3, -0.25) is 4.79 Å². The zero-order valence-electron chi connectivity index (χ0n) is 13.3. The maximum atomic E-state index is 11.9. The van der Waals surface area contributed by atoms with Crippen molar-refractivity contribution in [2.75, 3.05) is 13.7 Å². The number of carbonyl (C=O) groups excluding carboxylic acids is 2. The van der Waals surface area contributed by atoms with Gasteiger partial charge < -0.3 is 14.8 Å². The number of aryl methyl sites for hydroxylation is 1. The first-order chi connectivity index (χ1) is 9.79. The smallest absolute Gasteiger partial charge is 0.338 e. The van der Waals surface area contributed by atoms with E-state index in [2.05, 4.69) is 5.32 Å². The maximum Gasteiger partial charge on any atom is 0.338 e. The van der Waals surface area contributed by atoms with Crippen molar-refractivity contribution in [2.24, 2.45) is 0 Å². The molecule has 0 heterocycles. The Hall–Kier alpha value is -2.04. The van der Waals surface area contributed by atoms with E-state index in [9.17, 15) is 9.59 Å². The third-order valence-electron chi connectivity index (χ3n) is 3.34. The second kappa shape index (κ2) is 7.11. The highest BCUT2D eigenvalue weighted by atomic mass is 16.5. The van der Waals surface area contributed by atoms with Gasteiger partial charge in [0.2, 0.25) is 0 Å². The molecule has 1 rings (SSSR count). The first kappa shape index (κ1) is 17.0. The van der Waals surface area contributed by atoms with Crippen LogP contribution < -0.4 is 10.1 Å². The van der Waals surface area contributed by atoms with Crippen molar-refractivity contribution in [3.8, 4) is 5.75 Å². The first-order valence-electron chi connectivity index (χ1n) is 6.92. The van der Waals surface area contributed by atoms with Crippen LogP contribution in [0, 0.1) is 6.92 Å². The van der Waals surface area contributed by atoms with Crippen LogP contribution in [0.4, 0.5) is 0 Å². The summed E-state index contributed by atoms with van der Waals surface area (Å²) in [5.41, 5.74) is 0.979. The average molecular weight is 293 g/mol. The van der Waals surface area contributed by atoms with Crippen LogP contribution in [-0.2, 0) is 9.53 Å². The van der Waals surface area contributed by atoms with Crippen LogP contribution in [0.3, 0.4) is 0 Å². The SMILES string of the molecule is CCC(C)(C)NC(=O)COC(=O)c1ccc(C)c(OC)c1. The normalized spacial score (nSPS) is 10.9. The fourth-order valence-corrected chi connectivity index (χ4v) is 1.66. The molecular formula is C16H23NO4. The molecule has 21 heavy (non-hydrogen) atoms. The van der Waals surface area contributed by atoms with Crippen molar-refractivity contribution in [3.05, 3.63) is 29.3 Å². The molecule has 0 spiro atoms. The van der Waals surface area contributed by atoms with Crippen LogP contribution in [-0.4, -0.2) is 31.1 Å². The highest BCUT2D eigenvalue weighted by molar-refractivity contribution is 5.91. The standard InChI is InChI=1S/C16H23NO4/c1-6-16(3,4)17-14(18)10-21-15(19)12-8-7-11(2)13(9-12)20-5/h7-9H,6,10H2,1-5H3,(H,17,18). The zero-order chi connectivity index (χ0) is 16.0. The summed E-state index contributed by atoms with van der Waals surface area (Å²) < 4.78 is 10.2. The van der Waals surface area contributed by atoms with Crippen molar-refractivity contribution in [1.29, 1.82) is 0 Å². The fourth-order valence-electron chi connectivity index (χ4n) is 1.66. The zero-order valence-corrected chi connectivity index (χ0v) is 13.3. The molecule has 1 aromatic carbocycles. The van der Waals surface area contributed by atoms with Gasteiger partial charge in [-0.2, -0.15) is 0 Å². The Balaban J connectivity index is 2.60. The lowest BCUT2D eigenvalue weighted by atomic mass is 10.0. The molecule has 0 aliphatic carbocycles. The molecule has 0 bridgehead atoms. The molecule has 0 saturated heterocycles. The van der Waals surface area contributed by atoms with Crippen molar-refractivity contribution in [3.63, 3.8) is 0 Å². The fraction of sp³-hybridized carbons (Fsp3) is 0.500. The molecule has 0 atom stereocenters. The Labute approximate surface area is 125 Å². The lowest BCUT2D eigenvalue weighted by Crippen LogP contribution is -2.44. The lowest BCUT2D eigenvalue weighted by Gasteiger charge is -2.24. The number of rotatable bonds is 6. The molecule has 0 saturated carbocycles. The summed E-state index contributed by atoms with van der Waals surface area (Å²) >= 11 is 0. The van der Waals surface area contributed by atoms with Gasteiger partial charge in [0.25, 0.3) is 5.91 Å². The number of benzene rings is 1. The summed E-state index contributed by atoms with van der Waals surface area (Å²) in [6, 6.07) is 5.02. The monoisotopic (exact) mass is 293 g/mol. The largest absolute Gasteiger partial charge is 0.496 e. The second-order valence-electron chi connectivity index (χ2n) is 5.55. The first-order valence-corrected chi connectivity index (χ1v) is 6.92. The average Bonchev–Trinajstić information content (AvgIpc) is 2.44. The molecule has 0 unspecified atom stereocenters. The molecular weight excluding hydrogens is 270 g/mol. The summed E-state index contributed by atoms with van der Waals surface area (Å²) in [5, 5.41) is 2.80. The topological polar surface area (TPSA) is 64.6 Å². The van der Waals surface area contributed by atoms with E-state index in [0.29, 0.717) is 11.3 Å². The summed E-state index contributed by atoms with van der Waals surface area (Å²) in [5.74, 6) is -0.243. The molecule has 0 aliphatic heterocycles. The van der Waals surface area contributed by atoms with E-state index in [0.717, 1.165) is 12.0 Å². The third kappa shape index (κ3) is 5.10. The van der Waals surface area contributed by atoms with E-state index in [1.165, 1.54) is 7.11 Å². The van der Waals surface area contributed by atoms with Crippen LogP contribution >= 0.6 is 0 Å². The Morgan fingerprint density at radius 3 is 2.52 bits per heavy atom. The number of esters is 1. The Bertz CT molecular complexity index is 523. The van der Waals surface area contributed by atoms with Gasteiger partial charge in [-0.1, -0.05) is 13.0 Å². The quantitative estimate of drug-likeness (QED) is 0.818. The molecule has 5 nitrogen and oxygen atoms in total. The molecule has 5 heteroatoms. The van der Waals surface area contributed by atoms with E-state index < -0.39 is 5.97 Å². The van der Waals surface area contributed by atoms with Crippen molar-refractivity contribution in [1.82, 2.24) is 5.32 Å². The van der Waals surface area contributed by atoms with Crippen LogP contribution in [0.1, 0.15) is 43.1 Å². The van der Waals surface area contributed by atoms with Gasteiger partial charge in [-0.25, -0.2) is 4.79 Å². The van der Waals surface area contributed by atoms with E-state index in [1.807, 2.05) is 27.7 Å². The third-order valence-corrected chi connectivity index (χ3v) is 3.34. The van der Waals surface area contributed by atoms with Crippen molar-refractivity contribution in [2.45, 2.75) is 39.7 Å². The van der Waals surface area contributed by atoms with Crippen molar-refractivity contribution >= 4 is 11.9 Å². The van der Waals surface area contributed by atoms with Gasteiger partial charge in [0.15, 0.2) is 6.61 Å². The Morgan fingerprint density at radius 2 is 1.95 bits per heavy atom. The predicted octanol–water partition coefficient (Wildman–Crippen LogP) is 2.47. The van der Waals surface area contributed by atoms with E-state index in [1.54, 1.807) is 18.2 Å². The number of hydrogen-bond donors (Lipinski definition) is 1. The van der Waals surface area contributed by atoms with Gasteiger partial charge in [-0.15, -0.1) is 0 Å². The van der Waals surface area contributed by atoms with Crippen LogP contribution in [0.25, 0.3) is 0 Å². The molecule has 116 valence electrons. The summed E-state index contributed by atoms with van der Waals surface area (Å²) in [7, 11) is 1.54. The van der Waals surface area contributed by atoms with Gasteiger partial charge in [-0.05, 0) is 44.9 Å². The summed E-state index contributed by atoms with van der Waals surface area (Å²) in [6.45, 7) is 7.40. The Kier molecular flexibility index (Phi) is 5.76. The highest BCUT2D eigenvalue weighted by Crippen LogP contribution is 2.19. The van der Waals surface area contributed by atoms with Gasteiger partial charge in [0, 0.05) is 5.54 Å². The summed E-state index contributed by atoms with van der Waals surface area (Å²) in [4.78, 5) is 23.6. The number of nitrogens with one attached hydrogen (secondary N) is 1. The second-order valence-corrected chi connectivity index (χ2v) is 5.55. The molecule has 0 aliphatic rings. The van der Waals surface area contributed by atoms with E-state index >= 15 is 0 Å². The van der Waals surface area contributed by atoms with Crippen LogP contribution in [0.5, 0.6) is 5.75 Å². The molecule has 0 radical (unpaired) electrons. The van der Waals surface area contributed by atoms with E-state index in [4.69, 9.17) is 9.47 Å². The van der Waals surface area contributed by atoms with Crippen LogP contribution in [0.2, 0.25) is 0 Å². The minimum absolute atomic E-state index is 0.293. The number of ether oxygens (including phenoxy) is 2. The van der Waals surface area contributed by atoms with Gasteiger partial charge >= 0.3 is 5.97 Å². The van der Waals surface area contributed by atoms with Gasteiger partial charge in [0.1, 0.15) is 5.75 Å². The minimum Gasteiger partial charge on any atom is -0.496 e. The number of carbonyl (C=O) groups is 2. The molecule has 1 N–H and O–H groups in total. The van der Waals surface area contributed by atoms with Crippen LogP contribution in [0.15, 0.2) is 18.2 Å². The number of amides is 1. The van der Waals surface area contributed by atoms with Crippen molar-refractivity contribution < 1.29 is 19.1 Å². The number of methoxy groups -OCH3 is 1. The van der Waals surface area contributed by atoms with Gasteiger partial charge in [0.05, 0.1) is 12.7 Å². The molecule has 0 aromatic heterocycles. The number of hydrogen-bond acceptors (Lipinski definition) is 4. The lowest BCUT2D eigenvalue weighted by molar-refractivity contribution is -0.125. The Morgan fingerprint density at radius 1 is 1.29 bits per heavy atom. The molecule has 0 fully saturated rings. The highest BCUT2D eigenvalue weighted by Gasteiger charge is 2.19. The maximum absolute atomic E-state index is 11.9. The molecule has 1 amide bonds. The minimum atomic E-state index is -0.544. The molecule has 1 aromatic rings.